The van der Waals surface area contributed by atoms with Gasteiger partial charge in [0.1, 0.15) is 0 Å². The van der Waals surface area contributed by atoms with Gasteiger partial charge in [0, 0.05) is 12.1 Å². The monoisotopic (exact) mass is 248 g/mol. The van der Waals surface area contributed by atoms with E-state index < -0.39 is 0 Å². The van der Waals surface area contributed by atoms with E-state index in [2.05, 4.69) is 76.1 Å². The first kappa shape index (κ1) is 15.2. The van der Waals surface area contributed by atoms with E-state index in [1.807, 2.05) is 0 Å². The highest BCUT2D eigenvalue weighted by Gasteiger charge is 2.15. The normalized spacial score (nSPS) is 15.1. The second-order valence-corrected chi connectivity index (χ2v) is 5.45. The Morgan fingerprint density at radius 3 is 1.50 bits per heavy atom. The summed E-state index contributed by atoms with van der Waals surface area (Å²) in [4.78, 5) is 4.60. The lowest BCUT2D eigenvalue weighted by atomic mass is 9.96. The minimum Gasteiger partial charge on any atom is -0.302 e. The van der Waals surface area contributed by atoms with E-state index in [0.717, 1.165) is 12.8 Å². The summed E-state index contributed by atoms with van der Waals surface area (Å²) >= 11 is 0. The highest BCUT2D eigenvalue weighted by atomic mass is 15.1. The van der Waals surface area contributed by atoms with Crippen LogP contribution in [0.4, 0.5) is 0 Å². The number of hydrogen-bond donors (Lipinski definition) is 0. The average Bonchev–Trinajstić information content (AvgIpc) is 2.30. The van der Waals surface area contributed by atoms with Crippen molar-refractivity contribution in [2.24, 2.45) is 0 Å². The molecule has 2 unspecified atom stereocenters. The van der Waals surface area contributed by atoms with Gasteiger partial charge in [-0.25, -0.2) is 0 Å². The van der Waals surface area contributed by atoms with E-state index in [-0.39, 0.29) is 0 Å². The Bertz CT molecular complexity index is 327. The van der Waals surface area contributed by atoms with Crippen LogP contribution >= 0.6 is 0 Å². The third-order valence-electron chi connectivity index (χ3n) is 3.70. The van der Waals surface area contributed by atoms with Crippen molar-refractivity contribution >= 4 is 0 Å². The third-order valence-corrected chi connectivity index (χ3v) is 3.70. The zero-order valence-electron chi connectivity index (χ0n) is 12.8. The van der Waals surface area contributed by atoms with Crippen LogP contribution in [0.15, 0.2) is 24.3 Å². The highest BCUT2D eigenvalue weighted by Crippen LogP contribution is 2.27. The van der Waals surface area contributed by atoms with Gasteiger partial charge in [-0.05, 0) is 52.2 Å². The summed E-state index contributed by atoms with van der Waals surface area (Å²) in [5.41, 5.74) is 2.86. The molecule has 0 heterocycles. The van der Waals surface area contributed by atoms with Crippen molar-refractivity contribution in [3.05, 3.63) is 35.4 Å². The maximum atomic E-state index is 2.38. The molecule has 2 heteroatoms. The van der Waals surface area contributed by atoms with Crippen LogP contribution in [0.2, 0.25) is 0 Å². The Morgan fingerprint density at radius 1 is 0.833 bits per heavy atom. The van der Waals surface area contributed by atoms with Crippen molar-refractivity contribution in [3.63, 3.8) is 0 Å². The van der Waals surface area contributed by atoms with Gasteiger partial charge >= 0.3 is 0 Å². The van der Waals surface area contributed by atoms with E-state index in [1.54, 1.807) is 0 Å². The molecule has 0 bridgehead atoms. The Labute approximate surface area is 113 Å². The van der Waals surface area contributed by atoms with Crippen molar-refractivity contribution in [1.29, 1.82) is 0 Å². The summed E-state index contributed by atoms with van der Waals surface area (Å²) < 4.78 is 0. The van der Waals surface area contributed by atoms with Gasteiger partial charge < -0.3 is 9.80 Å². The lowest BCUT2D eigenvalue weighted by molar-refractivity contribution is 0.284. The molecule has 0 saturated heterocycles. The molecule has 102 valence electrons. The Hall–Kier alpha value is -0.860. The molecule has 0 N–H and O–H groups in total. The molecule has 1 aromatic rings. The van der Waals surface area contributed by atoms with Crippen molar-refractivity contribution in [2.45, 2.75) is 38.8 Å². The van der Waals surface area contributed by atoms with Crippen molar-refractivity contribution < 1.29 is 0 Å². The minimum atomic E-state index is 0.518. The van der Waals surface area contributed by atoms with Crippen molar-refractivity contribution in [1.82, 2.24) is 9.80 Å². The van der Waals surface area contributed by atoms with Crippen LogP contribution in [0.25, 0.3) is 0 Å². The summed E-state index contributed by atoms with van der Waals surface area (Å²) in [5.74, 6) is 0. The van der Waals surface area contributed by atoms with E-state index in [1.165, 1.54) is 11.1 Å². The number of hydrogen-bond acceptors (Lipinski definition) is 2. The van der Waals surface area contributed by atoms with Gasteiger partial charge in [0.25, 0.3) is 0 Å². The van der Waals surface area contributed by atoms with Crippen LogP contribution in [-0.2, 0) is 0 Å². The van der Waals surface area contributed by atoms with Crippen LogP contribution in [0, 0.1) is 0 Å². The van der Waals surface area contributed by atoms with Gasteiger partial charge in [0.15, 0.2) is 0 Å². The molecule has 0 aliphatic carbocycles. The minimum absolute atomic E-state index is 0.518. The smallest absolute Gasteiger partial charge is 0.0339 e. The second-order valence-electron chi connectivity index (χ2n) is 5.45. The standard InChI is InChI=1S/C16H28N2/c1-7-15(17(3)4)13-10-9-11-14(12-13)16(8-2)18(5)6/h9-12,15-16H,7-8H2,1-6H3. The fraction of sp³-hybridized carbons (Fsp3) is 0.625. The summed E-state index contributed by atoms with van der Waals surface area (Å²) in [6.45, 7) is 4.50. The molecule has 1 aromatic carbocycles. The van der Waals surface area contributed by atoms with Crippen LogP contribution in [0.5, 0.6) is 0 Å². The maximum absolute atomic E-state index is 2.38. The topological polar surface area (TPSA) is 6.48 Å². The number of benzene rings is 1. The van der Waals surface area contributed by atoms with E-state index in [9.17, 15) is 0 Å². The molecular weight excluding hydrogens is 220 g/mol. The molecule has 0 radical (unpaired) electrons. The van der Waals surface area contributed by atoms with Gasteiger partial charge in [0.2, 0.25) is 0 Å². The van der Waals surface area contributed by atoms with Crippen molar-refractivity contribution in [3.8, 4) is 0 Å². The summed E-state index contributed by atoms with van der Waals surface area (Å²) in [7, 11) is 8.63. The predicted octanol–water partition coefficient (Wildman–Crippen LogP) is 3.71. The van der Waals surface area contributed by atoms with E-state index >= 15 is 0 Å². The molecule has 2 atom stereocenters. The molecule has 0 amide bonds. The predicted molar refractivity (Wildman–Crippen MR) is 79.9 cm³/mol. The summed E-state index contributed by atoms with van der Waals surface area (Å²) in [6.07, 6.45) is 2.30. The Kier molecular flexibility index (Phi) is 5.83. The third kappa shape index (κ3) is 3.56. The van der Waals surface area contributed by atoms with E-state index in [0.29, 0.717) is 12.1 Å². The molecule has 0 spiro atoms. The first-order valence-corrected chi connectivity index (χ1v) is 6.93. The average molecular weight is 248 g/mol. The van der Waals surface area contributed by atoms with E-state index in [4.69, 9.17) is 0 Å². The van der Waals surface area contributed by atoms with Crippen molar-refractivity contribution in [2.75, 3.05) is 28.2 Å². The van der Waals surface area contributed by atoms with Gasteiger partial charge in [-0.2, -0.15) is 0 Å². The quantitative estimate of drug-likeness (QED) is 0.757. The Balaban J connectivity index is 3.04. The van der Waals surface area contributed by atoms with Gasteiger partial charge in [-0.1, -0.05) is 38.1 Å². The lowest BCUT2D eigenvalue weighted by Gasteiger charge is -2.27. The molecule has 18 heavy (non-hydrogen) atoms. The zero-order valence-corrected chi connectivity index (χ0v) is 12.8. The number of nitrogens with zero attached hydrogens (tertiary/aromatic N) is 2. The second kappa shape index (κ2) is 6.91. The fourth-order valence-electron chi connectivity index (χ4n) is 2.77. The Morgan fingerprint density at radius 2 is 1.22 bits per heavy atom. The largest absolute Gasteiger partial charge is 0.302 e. The van der Waals surface area contributed by atoms with Crippen LogP contribution in [0.3, 0.4) is 0 Å². The maximum Gasteiger partial charge on any atom is 0.0339 e. The van der Waals surface area contributed by atoms with Gasteiger partial charge in [-0.15, -0.1) is 0 Å². The molecule has 0 aromatic heterocycles. The van der Waals surface area contributed by atoms with Crippen LogP contribution in [0.1, 0.15) is 49.9 Å². The zero-order chi connectivity index (χ0) is 13.7. The van der Waals surface area contributed by atoms with Gasteiger partial charge in [-0.3, -0.25) is 0 Å². The molecular formula is C16H28N2. The number of rotatable bonds is 6. The fourth-order valence-corrected chi connectivity index (χ4v) is 2.77. The first-order chi connectivity index (χ1) is 8.51. The molecule has 0 saturated carbocycles. The highest BCUT2D eigenvalue weighted by molar-refractivity contribution is 5.28. The summed E-state index contributed by atoms with van der Waals surface area (Å²) in [6, 6.07) is 10.1. The SMILES string of the molecule is CCC(c1cccc(C(CC)N(C)C)c1)N(C)C. The van der Waals surface area contributed by atoms with Crippen LogP contribution in [-0.4, -0.2) is 38.0 Å². The molecule has 1 rings (SSSR count). The lowest BCUT2D eigenvalue weighted by Crippen LogP contribution is -2.21. The van der Waals surface area contributed by atoms with Crippen LogP contribution < -0.4 is 0 Å². The van der Waals surface area contributed by atoms with Gasteiger partial charge in [0.05, 0.1) is 0 Å². The molecule has 0 aliphatic rings. The molecule has 0 aliphatic heterocycles. The summed E-state index contributed by atoms with van der Waals surface area (Å²) in [5, 5.41) is 0. The first-order valence-electron chi connectivity index (χ1n) is 6.93. The molecule has 0 fully saturated rings. The molecule has 2 nitrogen and oxygen atoms in total.